The summed E-state index contributed by atoms with van der Waals surface area (Å²) in [7, 11) is 0. The Hall–Kier alpha value is -1.14. The van der Waals surface area contributed by atoms with E-state index in [9.17, 15) is 4.79 Å². The molecular weight excluding hydrogens is 384 g/mol. The van der Waals surface area contributed by atoms with Gasteiger partial charge < -0.3 is 10.6 Å². The number of carbonyl (C=O) groups excluding carboxylic acids is 1. The summed E-state index contributed by atoms with van der Waals surface area (Å²) in [6, 6.07) is 8.92. The van der Waals surface area contributed by atoms with Crippen LogP contribution in [0.25, 0.3) is 0 Å². The molecule has 0 spiro atoms. The average molecular weight is 419 g/mol. The highest BCUT2D eigenvalue weighted by atomic mass is 35.5. The Bertz CT molecular complexity index is 690. The molecule has 1 aromatic carbocycles. The number of rotatable bonds is 5. The standard InChI is InChI=1S/C23H35ClN4O/c24-20-5-3-4-19(16-20)23(18-25)8-6-21(7-9-23)27-14-12-26(13-15-27)17-22(29)28-10-1-2-11-28/h3-5,16,21H,1-2,6-15,17-18,25H2. The monoisotopic (exact) mass is 418 g/mol. The smallest absolute Gasteiger partial charge is 0.236 e. The van der Waals surface area contributed by atoms with E-state index in [0.717, 1.165) is 57.1 Å². The molecule has 0 unspecified atom stereocenters. The first-order chi connectivity index (χ1) is 14.1. The summed E-state index contributed by atoms with van der Waals surface area (Å²) >= 11 is 6.24. The number of piperazine rings is 1. The molecular formula is C23H35ClN4O. The Labute approximate surface area is 180 Å². The number of carbonyl (C=O) groups is 1. The number of nitrogens with zero attached hydrogens (tertiary/aromatic N) is 3. The van der Waals surface area contributed by atoms with Gasteiger partial charge in [0.05, 0.1) is 6.54 Å². The van der Waals surface area contributed by atoms with Crippen molar-refractivity contribution in [2.45, 2.75) is 50.0 Å². The highest BCUT2D eigenvalue weighted by Gasteiger charge is 2.38. The summed E-state index contributed by atoms with van der Waals surface area (Å²) in [5.41, 5.74) is 7.64. The molecule has 0 bridgehead atoms. The van der Waals surface area contributed by atoms with Crippen molar-refractivity contribution in [1.82, 2.24) is 14.7 Å². The maximum Gasteiger partial charge on any atom is 0.236 e. The van der Waals surface area contributed by atoms with Crippen LogP contribution in [-0.4, -0.2) is 79.0 Å². The highest BCUT2D eigenvalue weighted by molar-refractivity contribution is 6.30. The molecule has 1 saturated carbocycles. The van der Waals surface area contributed by atoms with Crippen LogP contribution in [0.15, 0.2) is 24.3 Å². The van der Waals surface area contributed by atoms with Gasteiger partial charge in [0.15, 0.2) is 0 Å². The van der Waals surface area contributed by atoms with Gasteiger partial charge in [-0.2, -0.15) is 0 Å². The lowest BCUT2D eigenvalue weighted by Crippen LogP contribution is -2.54. The molecule has 2 heterocycles. The molecule has 2 aliphatic heterocycles. The number of nitrogens with two attached hydrogens (primary N) is 1. The number of benzene rings is 1. The van der Waals surface area contributed by atoms with E-state index >= 15 is 0 Å². The average Bonchev–Trinajstić information content (AvgIpc) is 3.30. The SMILES string of the molecule is NCC1(c2cccc(Cl)c2)CCC(N2CCN(CC(=O)N3CCCC3)CC2)CC1. The molecule has 0 aromatic heterocycles. The second-order valence-corrected chi connectivity index (χ2v) is 9.56. The molecule has 6 heteroatoms. The zero-order valence-corrected chi connectivity index (χ0v) is 18.2. The van der Waals surface area contributed by atoms with Crippen molar-refractivity contribution < 1.29 is 4.79 Å². The third-order valence-corrected chi connectivity index (χ3v) is 7.72. The molecule has 2 N–H and O–H groups in total. The predicted octanol–water partition coefficient (Wildman–Crippen LogP) is 2.72. The fourth-order valence-corrected chi connectivity index (χ4v) is 5.68. The van der Waals surface area contributed by atoms with Crippen LogP contribution < -0.4 is 5.73 Å². The normalized spacial score (nSPS) is 29.3. The van der Waals surface area contributed by atoms with Crippen molar-refractivity contribution in [3.8, 4) is 0 Å². The van der Waals surface area contributed by atoms with Gasteiger partial charge in [0.2, 0.25) is 5.91 Å². The van der Waals surface area contributed by atoms with E-state index < -0.39 is 0 Å². The highest BCUT2D eigenvalue weighted by Crippen LogP contribution is 2.40. The van der Waals surface area contributed by atoms with Gasteiger partial charge in [0, 0.05) is 62.3 Å². The Morgan fingerprint density at radius 3 is 2.38 bits per heavy atom. The third kappa shape index (κ3) is 4.79. The van der Waals surface area contributed by atoms with E-state index in [1.165, 1.54) is 31.2 Å². The minimum atomic E-state index is 0.0748. The number of hydrogen-bond acceptors (Lipinski definition) is 4. The summed E-state index contributed by atoms with van der Waals surface area (Å²) in [6.07, 6.45) is 6.97. The van der Waals surface area contributed by atoms with Crippen LogP contribution in [0.3, 0.4) is 0 Å². The first kappa shape index (κ1) is 21.1. The molecule has 4 rings (SSSR count). The lowest BCUT2D eigenvalue weighted by Gasteiger charge is -2.46. The van der Waals surface area contributed by atoms with Gasteiger partial charge in [0.25, 0.3) is 0 Å². The number of halogens is 1. The molecule has 3 aliphatic rings. The quantitative estimate of drug-likeness (QED) is 0.798. The van der Waals surface area contributed by atoms with Crippen LogP contribution in [0.4, 0.5) is 0 Å². The molecule has 29 heavy (non-hydrogen) atoms. The maximum absolute atomic E-state index is 12.4. The third-order valence-electron chi connectivity index (χ3n) is 7.48. The Kier molecular flexibility index (Phi) is 6.80. The predicted molar refractivity (Wildman–Crippen MR) is 118 cm³/mol. The molecule has 5 nitrogen and oxygen atoms in total. The Morgan fingerprint density at radius 1 is 1.07 bits per heavy atom. The largest absolute Gasteiger partial charge is 0.342 e. The van der Waals surface area contributed by atoms with Gasteiger partial charge in [-0.3, -0.25) is 14.6 Å². The molecule has 1 amide bonds. The zero-order chi connectivity index (χ0) is 20.3. The summed E-state index contributed by atoms with van der Waals surface area (Å²) in [5.74, 6) is 0.322. The Morgan fingerprint density at radius 2 is 1.76 bits per heavy atom. The van der Waals surface area contributed by atoms with Crippen LogP contribution in [0.2, 0.25) is 5.02 Å². The van der Waals surface area contributed by atoms with E-state index in [0.29, 0.717) is 25.0 Å². The van der Waals surface area contributed by atoms with Gasteiger partial charge in [-0.05, 0) is 56.2 Å². The Balaban J connectivity index is 1.27. The van der Waals surface area contributed by atoms with Crippen molar-refractivity contribution in [2.75, 3.05) is 52.4 Å². The lowest BCUT2D eigenvalue weighted by molar-refractivity contribution is -0.131. The molecule has 0 atom stereocenters. The van der Waals surface area contributed by atoms with Gasteiger partial charge >= 0.3 is 0 Å². The van der Waals surface area contributed by atoms with E-state index in [1.54, 1.807) is 0 Å². The second-order valence-electron chi connectivity index (χ2n) is 9.13. The molecule has 3 fully saturated rings. The molecule has 0 radical (unpaired) electrons. The van der Waals surface area contributed by atoms with Gasteiger partial charge in [-0.25, -0.2) is 0 Å². The van der Waals surface area contributed by atoms with E-state index in [4.69, 9.17) is 17.3 Å². The first-order valence-electron chi connectivity index (χ1n) is 11.3. The minimum Gasteiger partial charge on any atom is -0.342 e. The lowest BCUT2D eigenvalue weighted by atomic mass is 9.68. The summed E-state index contributed by atoms with van der Waals surface area (Å²) in [5, 5.41) is 0.803. The van der Waals surface area contributed by atoms with E-state index in [2.05, 4.69) is 21.9 Å². The fourth-order valence-electron chi connectivity index (χ4n) is 5.49. The van der Waals surface area contributed by atoms with Crippen molar-refractivity contribution in [2.24, 2.45) is 5.73 Å². The number of likely N-dealkylation sites (tertiary alicyclic amines) is 1. The van der Waals surface area contributed by atoms with Crippen LogP contribution in [0.5, 0.6) is 0 Å². The van der Waals surface area contributed by atoms with Gasteiger partial charge in [0.1, 0.15) is 0 Å². The van der Waals surface area contributed by atoms with E-state index in [1.807, 2.05) is 17.0 Å². The topological polar surface area (TPSA) is 52.8 Å². The van der Waals surface area contributed by atoms with Crippen molar-refractivity contribution in [3.63, 3.8) is 0 Å². The molecule has 160 valence electrons. The van der Waals surface area contributed by atoms with Gasteiger partial charge in [-0.15, -0.1) is 0 Å². The zero-order valence-electron chi connectivity index (χ0n) is 17.5. The fraction of sp³-hybridized carbons (Fsp3) is 0.696. The number of amides is 1. The van der Waals surface area contributed by atoms with Crippen LogP contribution in [-0.2, 0) is 10.2 Å². The number of hydrogen-bond donors (Lipinski definition) is 1. The molecule has 1 aliphatic carbocycles. The van der Waals surface area contributed by atoms with Crippen LogP contribution >= 0.6 is 11.6 Å². The summed E-state index contributed by atoms with van der Waals surface area (Å²) in [4.78, 5) is 19.4. The van der Waals surface area contributed by atoms with Crippen molar-refractivity contribution in [1.29, 1.82) is 0 Å². The molecule has 2 saturated heterocycles. The summed E-state index contributed by atoms with van der Waals surface area (Å²) in [6.45, 7) is 7.36. The maximum atomic E-state index is 12.4. The molecule has 1 aromatic rings. The van der Waals surface area contributed by atoms with Crippen LogP contribution in [0, 0.1) is 0 Å². The first-order valence-corrected chi connectivity index (χ1v) is 11.7. The van der Waals surface area contributed by atoms with Crippen molar-refractivity contribution in [3.05, 3.63) is 34.9 Å². The van der Waals surface area contributed by atoms with Crippen molar-refractivity contribution >= 4 is 17.5 Å². The minimum absolute atomic E-state index is 0.0748. The van der Waals surface area contributed by atoms with Crippen LogP contribution in [0.1, 0.15) is 44.1 Å². The van der Waals surface area contributed by atoms with Gasteiger partial charge in [-0.1, -0.05) is 23.7 Å². The van der Waals surface area contributed by atoms with E-state index in [-0.39, 0.29) is 5.41 Å². The summed E-state index contributed by atoms with van der Waals surface area (Å²) < 4.78 is 0. The second kappa shape index (κ2) is 9.34.